The summed E-state index contributed by atoms with van der Waals surface area (Å²) in [7, 11) is 0. The zero-order valence-corrected chi connectivity index (χ0v) is 15.3. The van der Waals surface area contributed by atoms with Crippen LogP contribution >= 0.6 is 0 Å². The predicted octanol–water partition coefficient (Wildman–Crippen LogP) is 3.47. The van der Waals surface area contributed by atoms with E-state index in [2.05, 4.69) is 10.3 Å². The molecule has 138 valence electrons. The second-order valence-corrected chi connectivity index (χ2v) is 6.55. The van der Waals surface area contributed by atoms with Crippen LogP contribution < -0.4 is 10.1 Å². The molecule has 3 aromatic rings. The number of carbonyl (C=O) groups is 1. The summed E-state index contributed by atoms with van der Waals surface area (Å²) in [4.78, 5) is 16.8. The van der Waals surface area contributed by atoms with Gasteiger partial charge in [0.1, 0.15) is 0 Å². The fourth-order valence-corrected chi connectivity index (χ4v) is 3.42. The minimum atomic E-state index is -0.0521. The van der Waals surface area contributed by atoms with Gasteiger partial charge in [-0.1, -0.05) is 18.2 Å². The molecular formula is C21H22N4O2. The lowest BCUT2D eigenvalue weighted by Crippen LogP contribution is -2.30. The maximum atomic E-state index is 12.6. The van der Waals surface area contributed by atoms with E-state index in [4.69, 9.17) is 9.84 Å². The van der Waals surface area contributed by atoms with Crippen molar-refractivity contribution >= 4 is 5.91 Å². The molecule has 0 saturated heterocycles. The molecule has 1 aromatic carbocycles. The molecule has 1 aliphatic rings. The SMILES string of the molecule is CCOc1cc(-n2cc3c(n2)CCC[C@H]3NC(=O)c2ccccc2)ccn1. The summed E-state index contributed by atoms with van der Waals surface area (Å²) < 4.78 is 7.33. The van der Waals surface area contributed by atoms with Crippen molar-refractivity contribution in [2.24, 2.45) is 0 Å². The van der Waals surface area contributed by atoms with Gasteiger partial charge in [0, 0.05) is 29.6 Å². The van der Waals surface area contributed by atoms with Crippen molar-refractivity contribution < 1.29 is 9.53 Å². The highest BCUT2D eigenvalue weighted by Crippen LogP contribution is 2.30. The molecule has 0 unspecified atom stereocenters. The van der Waals surface area contributed by atoms with Crippen LogP contribution in [0.2, 0.25) is 0 Å². The number of nitrogens with zero attached hydrogens (tertiary/aromatic N) is 3. The fourth-order valence-electron chi connectivity index (χ4n) is 3.42. The van der Waals surface area contributed by atoms with Crippen LogP contribution in [-0.4, -0.2) is 27.3 Å². The van der Waals surface area contributed by atoms with Gasteiger partial charge in [-0.25, -0.2) is 9.67 Å². The number of hydrogen-bond donors (Lipinski definition) is 1. The molecule has 0 aliphatic heterocycles. The number of fused-ring (bicyclic) bond motifs is 1. The van der Waals surface area contributed by atoms with Gasteiger partial charge in [-0.05, 0) is 44.4 Å². The molecule has 0 fully saturated rings. The Labute approximate surface area is 158 Å². The zero-order valence-electron chi connectivity index (χ0n) is 15.3. The van der Waals surface area contributed by atoms with E-state index in [1.807, 2.05) is 60.3 Å². The molecule has 6 heteroatoms. The van der Waals surface area contributed by atoms with Crippen molar-refractivity contribution in [1.82, 2.24) is 20.1 Å². The molecule has 0 spiro atoms. The largest absolute Gasteiger partial charge is 0.478 e. The second-order valence-electron chi connectivity index (χ2n) is 6.55. The molecule has 4 rings (SSSR count). The number of aromatic nitrogens is 3. The van der Waals surface area contributed by atoms with Gasteiger partial charge in [-0.15, -0.1) is 0 Å². The molecular weight excluding hydrogens is 340 g/mol. The number of benzene rings is 1. The van der Waals surface area contributed by atoms with E-state index in [0.29, 0.717) is 18.1 Å². The van der Waals surface area contributed by atoms with Crippen molar-refractivity contribution in [2.75, 3.05) is 6.61 Å². The van der Waals surface area contributed by atoms with Crippen molar-refractivity contribution in [3.8, 4) is 11.6 Å². The molecule has 0 radical (unpaired) electrons. The zero-order chi connectivity index (χ0) is 18.6. The molecule has 2 aromatic heterocycles. The Bertz CT molecular complexity index is 936. The first-order valence-electron chi connectivity index (χ1n) is 9.28. The van der Waals surface area contributed by atoms with Gasteiger partial charge in [-0.3, -0.25) is 4.79 Å². The van der Waals surface area contributed by atoms with Crippen molar-refractivity contribution in [2.45, 2.75) is 32.2 Å². The Kier molecular flexibility index (Phi) is 4.87. The van der Waals surface area contributed by atoms with Crippen molar-refractivity contribution in [1.29, 1.82) is 0 Å². The number of carbonyl (C=O) groups excluding carboxylic acids is 1. The lowest BCUT2D eigenvalue weighted by atomic mass is 9.93. The highest BCUT2D eigenvalue weighted by Gasteiger charge is 2.25. The Morgan fingerprint density at radius 2 is 2.15 bits per heavy atom. The first-order chi connectivity index (χ1) is 13.2. The molecule has 0 bridgehead atoms. The van der Waals surface area contributed by atoms with E-state index in [-0.39, 0.29) is 11.9 Å². The summed E-state index contributed by atoms with van der Waals surface area (Å²) >= 11 is 0. The smallest absolute Gasteiger partial charge is 0.251 e. The normalized spacial score (nSPS) is 15.8. The number of nitrogens with one attached hydrogen (secondary N) is 1. The third-order valence-corrected chi connectivity index (χ3v) is 4.72. The highest BCUT2D eigenvalue weighted by molar-refractivity contribution is 5.94. The molecule has 1 amide bonds. The van der Waals surface area contributed by atoms with Gasteiger partial charge in [-0.2, -0.15) is 5.10 Å². The average molecular weight is 362 g/mol. The maximum absolute atomic E-state index is 12.6. The van der Waals surface area contributed by atoms with E-state index in [1.165, 1.54) is 0 Å². The van der Waals surface area contributed by atoms with Crippen molar-refractivity contribution in [3.05, 3.63) is 71.7 Å². The van der Waals surface area contributed by atoms with E-state index in [9.17, 15) is 4.79 Å². The first-order valence-corrected chi connectivity index (χ1v) is 9.28. The molecule has 2 heterocycles. The number of rotatable bonds is 5. The summed E-state index contributed by atoms with van der Waals surface area (Å²) in [6.07, 6.45) is 6.57. The van der Waals surface area contributed by atoms with Crippen molar-refractivity contribution in [3.63, 3.8) is 0 Å². The van der Waals surface area contributed by atoms with Gasteiger partial charge in [0.25, 0.3) is 5.91 Å². The first kappa shape index (κ1) is 17.3. The van der Waals surface area contributed by atoms with Gasteiger partial charge in [0.2, 0.25) is 5.88 Å². The Morgan fingerprint density at radius 3 is 2.96 bits per heavy atom. The third-order valence-electron chi connectivity index (χ3n) is 4.72. The quantitative estimate of drug-likeness (QED) is 0.754. The third kappa shape index (κ3) is 3.69. The predicted molar refractivity (Wildman–Crippen MR) is 102 cm³/mol. The number of aryl methyl sites for hydroxylation is 1. The van der Waals surface area contributed by atoms with Crippen LogP contribution in [-0.2, 0) is 6.42 Å². The second kappa shape index (κ2) is 7.61. The molecule has 0 saturated carbocycles. The van der Waals surface area contributed by atoms with Gasteiger partial charge in [0.05, 0.1) is 24.0 Å². The number of hydrogen-bond acceptors (Lipinski definition) is 4. The molecule has 6 nitrogen and oxygen atoms in total. The van der Waals surface area contributed by atoms with Gasteiger partial charge in [0.15, 0.2) is 0 Å². The van der Waals surface area contributed by atoms with Crippen LogP contribution in [0.3, 0.4) is 0 Å². The highest BCUT2D eigenvalue weighted by atomic mass is 16.5. The van der Waals surface area contributed by atoms with Crippen LogP contribution in [0.4, 0.5) is 0 Å². The van der Waals surface area contributed by atoms with Crippen LogP contribution in [0.5, 0.6) is 5.88 Å². The monoisotopic (exact) mass is 362 g/mol. The molecule has 1 aliphatic carbocycles. The van der Waals surface area contributed by atoms with Crippen LogP contribution in [0.15, 0.2) is 54.9 Å². The summed E-state index contributed by atoms with van der Waals surface area (Å²) in [5.74, 6) is 0.529. The Balaban J connectivity index is 1.58. The van der Waals surface area contributed by atoms with Crippen LogP contribution in [0, 0.1) is 0 Å². The Morgan fingerprint density at radius 1 is 1.30 bits per heavy atom. The Hall–Kier alpha value is -3.15. The van der Waals surface area contributed by atoms with Crippen LogP contribution in [0.1, 0.15) is 47.4 Å². The minimum absolute atomic E-state index is 0.0246. The topological polar surface area (TPSA) is 69.0 Å². The lowest BCUT2D eigenvalue weighted by Gasteiger charge is -2.22. The summed E-state index contributed by atoms with van der Waals surface area (Å²) in [5.41, 5.74) is 3.69. The molecule has 1 atom stereocenters. The van der Waals surface area contributed by atoms with E-state index >= 15 is 0 Å². The number of amides is 1. The molecule has 27 heavy (non-hydrogen) atoms. The summed E-state index contributed by atoms with van der Waals surface area (Å²) in [6, 6.07) is 13.1. The lowest BCUT2D eigenvalue weighted by molar-refractivity contribution is 0.0932. The van der Waals surface area contributed by atoms with E-state index in [0.717, 1.165) is 36.2 Å². The fraction of sp³-hybridized carbons (Fsp3) is 0.286. The van der Waals surface area contributed by atoms with E-state index < -0.39 is 0 Å². The van der Waals surface area contributed by atoms with Gasteiger partial charge >= 0.3 is 0 Å². The standard InChI is InChI=1S/C21H22N4O2/c1-2-27-20-13-16(11-12-22-20)25-14-17-18(9-6-10-19(17)24-25)23-21(26)15-7-4-3-5-8-15/h3-5,7-8,11-14,18H,2,6,9-10H2,1H3,(H,23,26)/t18-/m1/s1. The summed E-state index contributed by atoms with van der Waals surface area (Å²) in [5, 5.41) is 7.89. The van der Waals surface area contributed by atoms with Crippen LogP contribution in [0.25, 0.3) is 5.69 Å². The van der Waals surface area contributed by atoms with E-state index in [1.54, 1.807) is 6.20 Å². The average Bonchev–Trinajstić information content (AvgIpc) is 3.15. The molecule has 1 N–H and O–H groups in total. The summed E-state index contributed by atoms with van der Waals surface area (Å²) in [6.45, 7) is 2.50. The van der Waals surface area contributed by atoms with Gasteiger partial charge < -0.3 is 10.1 Å². The minimum Gasteiger partial charge on any atom is -0.478 e. The maximum Gasteiger partial charge on any atom is 0.251 e. The number of pyridine rings is 1. The number of ether oxygens (including phenoxy) is 1.